The van der Waals surface area contributed by atoms with Crippen LogP contribution < -0.4 is 18.3 Å². The number of hydrogen-bond acceptors (Lipinski definition) is 10. The van der Waals surface area contributed by atoms with Gasteiger partial charge in [0.25, 0.3) is 0 Å². The van der Waals surface area contributed by atoms with Gasteiger partial charge in [0.05, 0.1) is 0 Å². The van der Waals surface area contributed by atoms with E-state index < -0.39 is 43.7 Å². The van der Waals surface area contributed by atoms with Gasteiger partial charge >= 0.3 is 94.2 Å². The van der Waals surface area contributed by atoms with Crippen molar-refractivity contribution < 1.29 is 51.1 Å². The second kappa shape index (κ2) is 31.4. The van der Waals surface area contributed by atoms with Crippen LogP contribution >= 0.6 is 50.5 Å². The Hall–Kier alpha value is 2.03. The molecule has 272 valence electrons. The van der Waals surface area contributed by atoms with Crippen molar-refractivity contribution in [3.05, 3.63) is 98.1 Å². The predicted octanol–water partition coefficient (Wildman–Crippen LogP) is -1.66. The molecule has 48 heavy (non-hydrogen) atoms. The Morgan fingerprint density at radius 2 is 0.438 bits per heavy atom. The van der Waals surface area contributed by atoms with Crippen LogP contribution in [0.1, 0.15) is 0 Å². The maximum atomic E-state index is 2.56. The third-order valence-corrected chi connectivity index (χ3v) is 248. The monoisotopic (exact) mass is 1100 g/mol. The summed E-state index contributed by atoms with van der Waals surface area (Å²) in [6.07, 6.45) is 16.5. The van der Waals surface area contributed by atoms with E-state index in [0.29, 0.717) is 0 Å². The van der Waals surface area contributed by atoms with Crippen molar-refractivity contribution in [2.45, 2.75) is 0 Å². The van der Waals surface area contributed by atoms with Gasteiger partial charge in [-0.3, -0.25) is 0 Å². The summed E-state index contributed by atoms with van der Waals surface area (Å²) in [4.78, 5) is 0. The van der Waals surface area contributed by atoms with Gasteiger partial charge in [-0.15, -0.1) is 0 Å². The van der Waals surface area contributed by atoms with Crippen LogP contribution in [0.5, 0.6) is 0 Å². The minimum absolute atomic E-state index is 0. The van der Waals surface area contributed by atoms with Gasteiger partial charge in [0.1, 0.15) is 28.2 Å². The van der Waals surface area contributed by atoms with E-state index in [1.165, 1.54) is 22.3 Å². The van der Waals surface area contributed by atoms with Crippen molar-refractivity contribution >= 4 is 148 Å². The van der Waals surface area contributed by atoms with E-state index in [9.17, 15) is 0 Å². The molecule has 24 heteroatoms. The predicted molar refractivity (Wildman–Crippen MR) is 234 cm³/mol. The summed E-state index contributed by atoms with van der Waals surface area (Å²) >= 11 is 0. The molecule has 4 fully saturated rings. The van der Waals surface area contributed by atoms with Gasteiger partial charge in [-0.05, 0) is 22.3 Å². The molecule has 8 rings (SSSR count). The Morgan fingerprint density at radius 1 is 0.312 bits per heavy atom. The first-order valence-corrected chi connectivity index (χ1v) is 47.5. The molecule has 0 atom stereocenters. The number of hydrogen-bond donors (Lipinski definition) is 0. The van der Waals surface area contributed by atoms with Crippen molar-refractivity contribution in [1.29, 1.82) is 0 Å². The molecule has 4 aromatic heterocycles. The molecule has 4 bridgehead atoms. The molecule has 0 unspecified atom stereocenters. The van der Waals surface area contributed by atoms with Gasteiger partial charge < -0.3 is 86.8 Å². The van der Waals surface area contributed by atoms with E-state index >= 15 is 0 Å². The van der Waals surface area contributed by atoms with E-state index in [1.54, 1.807) is 0 Å². The first kappa shape index (κ1) is 62.0. The number of aromatic nitrogens is 4. The molecule has 4 aromatic rings. The molecular formula is C24H44Ge4N4O6S10. The fourth-order valence-corrected chi connectivity index (χ4v) is 616. The maximum absolute atomic E-state index is 2.56. The average Bonchev–Trinajstić information content (AvgIpc) is 2.91. The number of pyridine rings is 4. The number of rotatable bonds is 2. The molecule has 4 aliphatic heterocycles. The molecule has 0 aliphatic carbocycles. The van der Waals surface area contributed by atoms with E-state index in [0.717, 1.165) is 0 Å². The summed E-state index contributed by atoms with van der Waals surface area (Å²) in [6.45, 7) is 0. The van der Waals surface area contributed by atoms with Crippen LogP contribution in [-0.2, 0) is 82.2 Å². The Balaban J connectivity index is -0.000000126. The normalized spacial score (nSPS) is 13.4. The third kappa shape index (κ3) is 19.4. The quantitative estimate of drug-likeness (QED) is 0.0969. The molecule has 4 aliphatic rings. The van der Waals surface area contributed by atoms with Crippen molar-refractivity contribution in [3.8, 4) is 22.3 Å². The van der Waals surface area contributed by atoms with Gasteiger partial charge in [0.15, 0.2) is 49.6 Å². The fraction of sp³-hybridized carbons (Fsp3) is 0.167. The zero-order valence-corrected chi connectivity index (χ0v) is 43.1. The molecule has 4 saturated heterocycles. The van der Waals surface area contributed by atoms with Crippen LogP contribution in [0.2, 0.25) is 0 Å². The number of nitrogens with zero attached hydrogens (tertiary/aromatic N) is 4. The minimum atomic E-state index is -0.427. The van der Waals surface area contributed by atoms with E-state index in [1.807, 2.05) is 46.5 Å². The summed E-state index contributed by atoms with van der Waals surface area (Å²) < 4.78 is 8.14. The summed E-state index contributed by atoms with van der Waals surface area (Å²) in [6, 6.07) is 17.0. The average molecular weight is 1100 g/mol. The topological polar surface area (TPSA) is 205 Å². The first-order valence-electron chi connectivity index (χ1n) is 11.8. The van der Waals surface area contributed by atoms with Gasteiger partial charge in [-0.25, -0.2) is 18.3 Å². The van der Waals surface area contributed by atoms with Crippen LogP contribution in [0.3, 0.4) is 0 Å². The number of thiol groups is 4. The summed E-state index contributed by atoms with van der Waals surface area (Å²) in [5.41, 5.74) is 5.01. The Labute approximate surface area is 343 Å². The van der Waals surface area contributed by atoms with Crippen molar-refractivity contribution in [1.82, 2.24) is 0 Å². The molecule has 0 spiro atoms. The first-order chi connectivity index (χ1) is 18.4. The molecular weight excluding hydrogens is 1050 g/mol. The standard InChI is InChI=1S/2C12H14N2.Ge4S6.6H2O.4H2S/c2*1-13-7-3-11(4-8-13)12-5-9-14(2)10-6-12;5-1-6-3-8-2(5)9-4(7-1)10-3;;;;;;;;;;/h2*3-10H,1-2H3;;10*1H2/q2*+2;;;;;;;;;;;/p-4. The molecule has 12 N–H and O–H groups in total. The van der Waals surface area contributed by atoms with Crippen LogP contribution in [0.25, 0.3) is 22.3 Å². The van der Waals surface area contributed by atoms with E-state index in [2.05, 4.69) is 149 Å². The van der Waals surface area contributed by atoms with Crippen LogP contribution in [0.15, 0.2) is 98.1 Å². The van der Waals surface area contributed by atoms with Crippen molar-refractivity contribution in [2.75, 3.05) is 0 Å². The number of aryl methyl sites for hydroxylation is 4. The molecule has 0 amide bonds. The van der Waals surface area contributed by atoms with Crippen LogP contribution in [0, 0.1) is 0 Å². The van der Waals surface area contributed by atoms with Crippen LogP contribution in [-0.4, -0.2) is 76.5 Å². The van der Waals surface area contributed by atoms with Crippen LogP contribution in [0.4, 0.5) is 0 Å². The molecule has 10 nitrogen and oxygen atoms in total. The van der Waals surface area contributed by atoms with E-state index in [-0.39, 0.29) is 86.8 Å². The Bertz CT molecular complexity index is 1140. The van der Waals surface area contributed by atoms with Crippen molar-refractivity contribution in [2.24, 2.45) is 28.2 Å². The summed E-state index contributed by atoms with van der Waals surface area (Å²) in [5, 5.41) is 0. The molecule has 0 saturated carbocycles. The Kier molecular flexibility index (Phi) is 40.6. The van der Waals surface area contributed by atoms with Gasteiger partial charge in [0, 0.05) is 48.5 Å². The SMILES string of the molecule is C[n+]1ccc(-c2cc[n+](C)cc2)cc1.C[n+]1ccc(-c2cc[n+](C)cc2)cc1.O.O.O.O.O.O.[SH-].[SH-].[SH-].[SH-].[S]1[Ge]2[S][Ge]3[S][Ge]1[S][Ge]([S]2)[S]3. The molecule has 8 heterocycles. The summed E-state index contributed by atoms with van der Waals surface area (Å²) in [7, 11) is 21.8. The van der Waals surface area contributed by atoms with Crippen molar-refractivity contribution in [3.63, 3.8) is 0 Å². The summed E-state index contributed by atoms with van der Waals surface area (Å²) in [5.74, 6) is 0. The molecule has 0 aromatic carbocycles. The van der Waals surface area contributed by atoms with E-state index in [4.69, 9.17) is 0 Å². The Morgan fingerprint density at radius 3 is 0.562 bits per heavy atom. The third-order valence-electron chi connectivity index (χ3n) is 5.58. The molecule has 4 radical (unpaired) electrons. The van der Waals surface area contributed by atoms with Gasteiger partial charge in [0.2, 0.25) is 0 Å². The zero-order chi connectivity index (χ0) is 26.5. The zero-order valence-electron chi connectivity index (χ0n) is 26.3. The van der Waals surface area contributed by atoms with Gasteiger partial charge in [-0.2, -0.15) is 0 Å². The second-order valence-electron chi connectivity index (χ2n) is 8.62. The fourth-order valence-electron chi connectivity index (χ4n) is 3.43. The second-order valence-corrected chi connectivity index (χ2v) is 103. The van der Waals surface area contributed by atoms with Gasteiger partial charge in [-0.1, -0.05) is 0 Å².